The number of hydrogen-bond acceptors (Lipinski definition) is 4. The molecule has 3 N–H and O–H groups in total. The maximum absolute atomic E-state index is 12.2. The summed E-state index contributed by atoms with van der Waals surface area (Å²) in [7, 11) is 0. The molecule has 28 heavy (non-hydrogen) atoms. The highest BCUT2D eigenvalue weighted by Gasteiger charge is 2.29. The molecule has 0 radical (unpaired) electrons. The van der Waals surface area contributed by atoms with Crippen molar-refractivity contribution in [1.82, 2.24) is 5.32 Å². The molecular weight excluding hydrogens is 398 g/mol. The Morgan fingerprint density at radius 3 is 2.75 bits per heavy atom. The molecule has 1 atom stereocenters. The molecule has 0 aromatic heterocycles. The van der Waals surface area contributed by atoms with E-state index in [1.165, 1.54) is 11.8 Å². The first kappa shape index (κ1) is 20.2. The first-order valence-corrected chi connectivity index (χ1v) is 10.1. The van der Waals surface area contributed by atoms with E-state index in [1.807, 2.05) is 37.3 Å². The summed E-state index contributed by atoms with van der Waals surface area (Å²) in [6, 6.07) is 12.7. The monoisotopic (exact) mass is 417 g/mol. The summed E-state index contributed by atoms with van der Waals surface area (Å²) in [4.78, 5) is 37.4. The molecule has 0 saturated carbocycles. The molecular formula is C20H20ClN3O3S. The van der Waals surface area contributed by atoms with Gasteiger partial charge in [-0.05, 0) is 36.2 Å². The highest BCUT2D eigenvalue weighted by molar-refractivity contribution is 8.01. The van der Waals surface area contributed by atoms with Crippen LogP contribution in [-0.4, -0.2) is 29.5 Å². The lowest BCUT2D eigenvalue weighted by molar-refractivity contribution is -0.125. The van der Waals surface area contributed by atoms with Crippen molar-refractivity contribution in [3.8, 4) is 0 Å². The van der Waals surface area contributed by atoms with E-state index in [-0.39, 0.29) is 30.7 Å². The second-order valence-electron chi connectivity index (χ2n) is 6.28. The Balaban J connectivity index is 1.51. The van der Waals surface area contributed by atoms with Gasteiger partial charge in [0, 0.05) is 22.0 Å². The van der Waals surface area contributed by atoms with Crippen molar-refractivity contribution in [2.24, 2.45) is 0 Å². The molecule has 1 heterocycles. The van der Waals surface area contributed by atoms with Crippen LogP contribution in [0.25, 0.3) is 0 Å². The second-order valence-corrected chi connectivity index (χ2v) is 7.96. The number of carbonyl (C=O) groups excluding carboxylic acids is 3. The molecule has 3 rings (SSSR count). The van der Waals surface area contributed by atoms with Crippen LogP contribution in [0.3, 0.4) is 0 Å². The first-order chi connectivity index (χ1) is 13.5. The molecule has 0 fully saturated rings. The highest BCUT2D eigenvalue weighted by atomic mass is 35.5. The van der Waals surface area contributed by atoms with Crippen molar-refractivity contribution < 1.29 is 14.4 Å². The quantitative estimate of drug-likeness (QED) is 0.671. The van der Waals surface area contributed by atoms with Crippen molar-refractivity contribution >= 4 is 52.5 Å². The standard InChI is InChI=1S/C20H20ClN3O3S/c1-2-12-5-3-4-6-14(12)23-19(26)11-22-18(25)10-17-20(27)24-15-9-13(21)7-8-16(15)28-17/h3-9,17H,2,10-11H2,1H3,(H,22,25)(H,23,26)(H,24,27). The normalized spacial score (nSPS) is 15.4. The Bertz CT molecular complexity index is 919. The van der Waals surface area contributed by atoms with Gasteiger partial charge in [0.15, 0.2) is 0 Å². The lowest BCUT2D eigenvalue weighted by Gasteiger charge is -2.23. The second kappa shape index (κ2) is 9.12. The molecule has 6 nitrogen and oxygen atoms in total. The van der Waals surface area contributed by atoms with Gasteiger partial charge in [0.2, 0.25) is 17.7 Å². The topological polar surface area (TPSA) is 87.3 Å². The van der Waals surface area contributed by atoms with Gasteiger partial charge in [-0.2, -0.15) is 0 Å². The van der Waals surface area contributed by atoms with Crippen molar-refractivity contribution in [3.05, 3.63) is 53.1 Å². The zero-order chi connectivity index (χ0) is 20.1. The number of para-hydroxylation sites is 1. The number of aryl methyl sites for hydroxylation is 1. The number of nitrogens with one attached hydrogen (secondary N) is 3. The van der Waals surface area contributed by atoms with Gasteiger partial charge in [-0.15, -0.1) is 11.8 Å². The minimum absolute atomic E-state index is 0.0165. The molecule has 2 aromatic carbocycles. The predicted octanol–water partition coefficient (Wildman–Crippen LogP) is 3.46. The Morgan fingerprint density at radius 1 is 1.18 bits per heavy atom. The van der Waals surface area contributed by atoms with Crippen molar-refractivity contribution in [3.63, 3.8) is 0 Å². The summed E-state index contributed by atoms with van der Waals surface area (Å²) < 4.78 is 0. The summed E-state index contributed by atoms with van der Waals surface area (Å²) in [6.45, 7) is 1.85. The third-order valence-corrected chi connectivity index (χ3v) is 5.76. The minimum Gasteiger partial charge on any atom is -0.347 e. The van der Waals surface area contributed by atoms with Crippen LogP contribution in [0.15, 0.2) is 47.4 Å². The van der Waals surface area contributed by atoms with E-state index in [1.54, 1.807) is 12.1 Å². The number of amides is 3. The SMILES string of the molecule is CCc1ccccc1NC(=O)CNC(=O)CC1Sc2ccc(Cl)cc2NC1=O. The van der Waals surface area contributed by atoms with Crippen LogP contribution in [0.4, 0.5) is 11.4 Å². The van der Waals surface area contributed by atoms with Gasteiger partial charge < -0.3 is 16.0 Å². The Morgan fingerprint density at radius 2 is 1.96 bits per heavy atom. The van der Waals surface area contributed by atoms with Gasteiger partial charge in [0.1, 0.15) is 0 Å². The summed E-state index contributed by atoms with van der Waals surface area (Å²) >= 11 is 7.24. The lowest BCUT2D eigenvalue weighted by Crippen LogP contribution is -2.38. The summed E-state index contributed by atoms with van der Waals surface area (Å²) in [5.41, 5.74) is 2.41. The average molecular weight is 418 g/mol. The van der Waals surface area contributed by atoms with Gasteiger partial charge in [-0.3, -0.25) is 14.4 Å². The Hall–Kier alpha value is -2.51. The molecule has 0 aliphatic carbocycles. The van der Waals surface area contributed by atoms with Crippen LogP contribution >= 0.6 is 23.4 Å². The fraction of sp³-hybridized carbons (Fsp3) is 0.250. The molecule has 2 aromatic rings. The Kier molecular flexibility index (Phi) is 6.59. The molecule has 0 bridgehead atoms. The molecule has 1 aliphatic rings. The fourth-order valence-electron chi connectivity index (χ4n) is 2.82. The summed E-state index contributed by atoms with van der Waals surface area (Å²) in [5.74, 6) is -0.921. The summed E-state index contributed by atoms with van der Waals surface area (Å²) in [5, 5.41) is 8.11. The molecule has 0 saturated heterocycles. The molecule has 146 valence electrons. The number of fused-ring (bicyclic) bond motifs is 1. The number of carbonyl (C=O) groups is 3. The number of thioether (sulfide) groups is 1. The largest absolute Gasteiger partial charge is 0.347 e. The van der Waals surface area contributed by atoms with Crippen LogP contribution in [0, 0.1) is 0 Å². The van der Waals surface area contributed by atoms with E-state index in [0.717, 1.165) is 22.6 Å². The van der Waals surface area contributed by atoms with E-state index in [2.05, 4.69) is 16.0 Å². The fourth-order valence-corrected chi connectivity index (χ4v) is 4.08. The van der Waals surface area contributed by atoms with Crippen molar-refractivity contribution in [2.45, 2.75) is 29.9 Å². The van der Waals surface area contributed by atoms with Crippen LogP contribution < -0.4 is 16.0 Å². The molecule has 1 aliphatic heterocycles. The third-order valence-electron chi connectivity index (χ3n) is 4.25. The van der Waals surface area contributed by atoms with E-state index in [0.29, 0.717) is 10.7 Å². The van der Waals surface area contributed by atoms with Gasteiger partial charge in [-0.1, -0.05) is 36.7 Å². The maximum Gasteiger partial charge on any atom is 0.243 e. The zero-order valence-corrected chi connectivity index (χ0v) is 16.8. The molecule has 0 spiro atoms. The number of hydrogen-bond donors (Lipinski definition) is 3. The van der Waals surface area contributed by atoms with Crippen molar-refractivity contribution in [2.75, 3.05) is 17.2 Å². The van der Waals surface area contributed by atoms with Gasteiger partial charge in [0.25, 0.3) is 0 Å². The number of anilines is 2. The van der Waals surface area contributed by atoms with Crippen LogP contribution in [0.1, 0.15) is 18.9 Å². The minimum atomic E-state index is -0.558. The number of rotatable bonds is 6. The van der Waals surface area contributed by atoms with Crippen LogP contribution in [0.2, 0.25) is 5.02 Å². The number of benzene rings is 2. The van der Waals surface area contributed by atoms with E-state index >= 15 is 0 Å². The average Bonchev–Trinajstić information content (AvgIpc) is 2.67. The van der Waals surface area contributed by atoms with Crippen LogP contribution in [0.5, 0.6) is 0 Å². The van der Waals surface area contributed by atoms with Gasteiger partial charge in [-0.25, -0.2) is 0 Å². The maximum atomic E-state index is 12.2. The van der Waals surface area contributed by atoms with Crippen molar-refractivity contribution in [1.29, 1.82) is 0 Å². The van der Waals surface area contributed by atoms with Crippen LogP contribution in [-0.2, 0) is 20.8 Å². The first-order valence-electron chi connectivity index (χ1n) is 8.87. The van der Waals surface area contributed by atoms with E-state index < -0.39 is 5.25 Å². The highest BCUT2D eigenvalue weighted by Crippen LogP contribution is 2.38. The predicted molar refractivity (Wildman–Crippen MR) is 112 cm³/mol. The third kappa shape index (κ3) is 5.05. The number of halogens is 1. The summed E-state index contributed by atoms with van der Waals surface area (Å²) in [6.07, 6.45) is 0.779. The molecule has 8 heteroatoms. The van der Waals surface area contributed by atoms with E-state index in [9.17, 15) is 14.4 Å². The smallest absolute Gasteiger partial charge is 0.243 e. The lowest BCUT2D eigenvalue weighted by atomic mass is 10.1. The van der Waals surface area contributed by atoms with E-state index in [4.69, 9.17) is 11.6 Å². The molecule has 1 unspecified atom stereocenters. The van der Waals surface area contributed by atoms with Gasteiger partial charge in [0.05, 0.1) is 17.5 Å². The Labute approximate surface area is 172 Å². The molecule has 3 amide bonds. The zero-order valence-electron chi connectivity index (χ0n) is 15.3. The van der Waals surface area contributed by atoms with Gasteiger partial charge >= 0.3 is 0 Å².